The fraction of sp³-hybridized carbons (Fsp3) is 0.800. The highest BCUT2D eigenvalue weighted by atomic mass is 16.4. The lowest BCUT2D eigenvalue weighted by atomic mass is 10.4. The van der Waals surface area contributed by atoms with Crippen molar-refractivity contribution in [3.63, 3.8) is 0 Å². The molecule has 0 unspecified atom stereocenters. The topological polar surface area (TPSA) is 129 Å². The molecule has 70 valence electrons. The number of rotatable bonds is 2. The summed E-state index contributed by atoms with van der Waals surface area (Å²) < 4.78 is 0. The van der Waals surface area contributed by atoms with Crippen LogP contribution >= 0.6 is 0 Å². The van der Waals surface area contributed by atoms with Crippen LogP contribution in [0.15, 0.2) is 0 Å². The molecule has 0 amide bonds. The first-order chi connectivity index (χ1) is 4.54. The molecule has 0 aromatic heterocycles. The van der Waals surface area contributed by atoms with E-state index in [-0.39, 0.29) is 18.7 Å². The van der Waals surface area contributed by atoms with Gasteiger partial charge in [0, 0.05) is 6.92 Å². The van der Waals surface area contributed by atoms with Crippen LogP contribution in [0.2, 0.25) is 0 Å². The van der Waals surface area contributed by atoms with Gasteiger partial charge in [-0.15, -0.1) is 0 Å². The van der Waals surface area contributed by atoms with Gasteiger partial charge in [-0.05, 0) is 0 Å². The third-order valence-corrected chi connectivity index (χ3v) is 0.421. The van der Waals surface area contributed by atoms with E-state index >= 15 is 0 Å². The van der Waals surface area contributed by atoms with E-state index in [1.807, 2.05) is 0 Å². The average molecular weight is 170 g/mol. The van der Waals surface area contributed by atoms with Crippen LogP contribution in [0.5, 0.6) is 0 Å². The van der Waals surface area contributed by atoms with E-state index in [4.69, 9.17) is 25.2 Å². The molecule has 0 aromatic carbocycles. The molecule has 0 spiro atoms. The highest BCUT2D eigenvalue weighted by Gasteiger charge is 1.93. The lowest BCUT2D eigenvalue weighted by Gasteiger charge is -1.96. The normalized spacial score (nSPS) is 7.73. The first-order valence-corrected chi connectivity index (χ1v) is 2.63. The van der Waals surface area contributed by atoms with Crippen molar-refractivity contribution >= 4 is 5.97 Å². The Morgan fingerprint density at radius 2 is 1.55 bits per heavy atom. The Hall–Kier alpha value is -0.690. The second kappa shape index (κ2) is 12.0. The molecule has 0 saturated heterocycles. The van der Waals surface area contributed by atoms with Crippen molar-refractivity contribution in [3.05, 3.63) is 0 Å². The molecule has 6 heteroatoms. The number of aliphatic carboxylic acids is 1. The molecule has 11 heavy (non-hydrogen) atoms. The fourth-order valence-corrected chi connectivity index (χ4v) is 0.0577. The summed E-state index contributed by atoms with van der Waals surface area (Å²) in [6.07, 6.45) is -0.954. The molecule has 6 nitrogen and oxygen atoms in total. The molecule has 0 saturated carbocycles. The first-order valence-electron chi connectivity index (χ1n) is 2.63. The summed E-state index contributed by atoms with van der Waals surface area (Å²) in [6, 6.07) is 0. The van der Waals surface area contributed by atoms with Gasteiger partial charge in [0.15, 0.2) is 0 Å². The van der Waals surface area contributed by atoms with E-state index in [9.17, 15) is 0 Å². The van der Waals surface area contributed by atoms with Crippen molar-refractivity contribution in [2.75, 3.05) is 13.2 Å². The molecule has 0 bridgehead atoms. The summed E-state index contributed by atoms with van der Waals surface area (Å²) in [5, 5.41) is 31.4. The van der Waals surface area contributed by atoms with Crippen LogP contribution < -0.4 is 0 Å². The minimum atomic E-state index is -0.954. The van der Waals surface area contributed by atoms with E-state index in [1.165, 1.54) is 0 Å². The second-order valence-electron chi connectivity index (χ2n) is 1.54. The SMILES string of the molecule is CC(=O)O.O.OCC(O)CO. The zero-order valence-corrected chi connectivity index (χ0v) is 6.19. The summed E-state index contributed by atoms with van der Waals surface area (Å²) in [7, 11) is 0. The summed E-state index contributed by atoms with van der Waals surface area (Å²) >= 11 is 0. The van der Waals surface area contributed by atoms with Gasteiger partial charge < -0.3 is 25.9 Å². The lowest BCUT2D eigenvalue weighted by molar-refractivity contribution is -0.134. The van der Waals surface area contributed by atoms with Crippen molar-refractivity contribution in [1.29, 1.82) is 0 Å². The van der Waals surface area contributed by atoms with E-state index in [0.717, 1.165) is 6.92 Å². The highest BCUT2D eigenvalue weighted by molar-refractivity contribution is 5.62. The Morgan fingerprint density at radius 1 is 1.36 bits per heavy atom. The fourth-order valence-electron chi connectivity index (χ4n) is 0.0577. The molecular weight excluding hydrogens is 156 g/mol. The summed E-state index contributed by atoms with van der Waals surface area (Å²) in [5.74, 6) is -0.833. The molecule has 0 atom stereocenters. The van der Waals surface area contributed by atoms with Crippen LogP contribution in [0.1, 0.15) is 6.92 Å². The van der Waals surface area contributed by atoms with Gasteiger partial charge in [0.25, 0.3) is 5.97 Å². The van der Waals surface area contributed by atoms with E-state index in [1.54, 1.807) is 0 Å². The molecule has 0 aromatic rings. The maximum atomic E-state index is 9.00. The molecule has 0 radical (unpaired) electrons. The molecule has 0 aliphatic rings. The zero-order chi connectivity index (χ0) is 8.57. The minimum absolute atomic E-state index is 0. The number of hydrogen-bond acceptors (Lipinski definition) is 4. The Morgan fingerprint density at radius 3 is 1.55 bits per heavy atom. The third-order valence-electron chi connectivity index (χ3n) is 0.421. The Bertz CT molecular complexity index is 75.0. The second-order valence-corrected chi connectivity index (χ2v) is 1.54. The number of aliphatic hydroxyl groups is 3. The van der Waals surface area contributed by atoms with Gasteiger partial charge >= 0.3 is 0 Å². The average Bonchev–Trinajstić information content (AvgIpc) is 1.85. The molecular formula is C5H14O6. The predicted octanol–water partition coefficient (Wildman–Crippen LogP) is -2.40. The Kier molecular flexibility index (Phi) is 18.3. The maximum Gasteiger partial charge on any atom is 0.300 e. The van der Waals surface area contributed by atoms with Crippen molar-refractivity contribution < 1.29 is 30.7 Å². The minimum Gasteiger partial charge on any atom is -0.481 e. The molecule has 0 heterocycles. The van der Waals surface area contributed by atoms with Crippen molar-refractivity contribution in [1.82, 2.24) is 0 Å². The van der Waals surface area contributed by atoms with Crippen LogP contribution in [-0.2, 0) is 4.79 Å². The van der Waals surface area contributed by atoms with Gasteiger partial charge in [0.2, 0.25) is 0 Å². The maximum absolute atomic E-state index is 9.00. The van der Waals surface area contributed by atoms with E-state index < -0.39 is 12.1 Å². The van der Waals surface area contributed by atoms with Crippen molar-refractivity contribution in [2.45, 2.75) is 13.0 Å². The van der Waals surface area contributed by atoms with Crippen LogP contribution in [0.3, 0.4) is 0 Å². The van der Waals surface area contributed by atoms with Gasteiger partial charge in [-0.1, -0.05) is 0 Å². The third kappa shape index (κ3) is 45.4. The summed E-state index contributed by atoms with van der Waals surface area (Å²) in [4.78, 5) is 9.00. The molecule has 0 aliphatic carbocycles. The Labute approximate surface area is 64.0 Å². The summed E-state index contributed by atoms with van der Waals surface area (Å²) in [6.45, 7) is 0.354. The monoisotopic (exact) mass is 170 g/mol. The standard InChI is InChI=1S/C3H8O3.C2H4O2.H2O/c4-1-3(6)2-5;1-2(3)4;/h3-6H,1-2H2;1H3,(H,3,4);1H2. The van der Waals surface area contributed by atoms with Crippen LogP contribution in [-0.4, -0.2) is 51.2 Å². The van der Waals surface area contributed by atoms with E-state index in [2.05, 4.69) is 0 Å². The number of hydrogen-bond donors (Lipinski definition) is 4. The van der Waals surface area contributed by atoms with Gasteiger partial charge in [0.1, 0.15) is 6.10 Å². The molecule has 0 rings (SSSR count). The Balaban J connectivity index is -0.000000114. The quantitative estimate of drug-likeness (QED) is 0.367. The first kappa shape index (κ1) is 16.7. The number of carboxylic acid groups (broad SMARTS) is 1. The van der Waals surface area contributed by atoms with Crippen LogP contribution in [0, 0.1) is 0 Å². The van der Waals surface area contributed by atoms with Gasteiger partial charge in [-0.2, -0.15) is 0 Å². The van der Waals surface area contributed by atoms with Gasteiger partial charge in [-0.25, -0.2) is 0 Å². The highest BCUT2D eigenvalue weighted by Crippen LogP contribution is 1.71. The van der Waals surface area contributed by atoms with Crippen molar-refractivity contribution in [2.24, 2.45) is 0 Å². The summed E-state index contributed by atoms with van der Waals surface area (Å²) in [5.41, 5.74) is 0. The van der Waals surface area contributed by atoms with E-state index in [0.29, 0.717) is 0 Å². The predicted molar refractivity (Wildman–Crippen MR) is 37.1 cm³/mol. The number of carbonyl (C=O) groups is 1. The largest absolute Gasteiger partial charge is 0.481 e. The van der Waals surface area contributed by atoms with Crippen LogP contribution in [0.25, 0.3) is 0 Å². The van der Waals surface area contributed by atoms with Gasteiger partial charge in [-0.3, -0.25) is 4.79 Å². The van der Waals surface area contributed by atoms with Crippen LogP contribution in [0.4, 0.5) is 0 Å². The van der Waals surface area contributed by atoms with Crippen molar-refractivity contribution in [3.8, 4) is 0 Å². The smallest absolute Gasteiger partial charge is 0.300 e. The molecule has 0 aliphatic heterocycles. The zero-order valence-electron chi connectivity index (χ0n) is 6.19. The molecule has 0 fully saturated rings. The van der Waals surface area contributed by atoms with Gasteiger partial charge in [0.05, 0.1) is 13.2 Å². The number of aliphatic hydroxyl groups excluding tert-OH is 3. The number of carboxylic acids is 1. The lowest BCUT2D eigenvalue weighted by Crippen LogP contribution is -2.15. The molecule has 6 N–H and O–H groups in total.